The molecule has 2 aromatic heterocycles. The standard InChI is InChI=1S/C13H20N6O.ClH/c1-8(2)19-9(3)10(7-16-19)6-15-12-5-11(13(14)20)18(4)17-12;/h5,7-8H,6H2,1-4H3,(H2,14,20)(H,15,17);1H. The molecule has 8 heteroatoms. The van der Waals surface area contributed by atoms with Crippen LogP contribution in [0.5, 0.6) is 0 Å². The van der Waals surface area contributed by atoms with Crippen LogP contribution in [0.15, 0.2) is 12.3 Å². The molecule has 116 valence electrons. The Morgan fingerprint density at radius 1 is 1.48 bits per heavy atom. The first kappa shape index (κ1) is 17.0. The average molecular weight is 313 g/mol. The molecule has 0 aromatic carbocycles. The highest BCUT2D eigenvalue weighted by molar-refractivity contribution is 5.91. The topological polar surface area (TPSA) is 90.8 Å². The SMILES string of the molecule is Cc1c(CNc2cc(C(N)=O)n(C)n2)cnn1C(C)C.Cl. The molecule has 3 N–H and O–H groups in total. The first-order valence-corrected chi connectivity index (χ1v) is 6.51. The summed E-state index contributed by atoms with van der Waals surface area (Å²) in [7, 11) is 1.69. The number of nitrogens with two attached hydrogens (primary N) is 1. The van der Waals surface area contributed by atoms with Crippen LogP contribution in [0.4, 0.5) is 5.82 Å². The Hall–Kier alpha value is -2.02. The fourth-order valence-corrected chi connectivity index (χ4v) is 2.12. The zero-order valence-electron chi connectivity index (χ0n) is 12.6. The number of hydrogen-bond donors (Lipinski definition) is 2. The van der Waals surface area contributed by atoms with Crippen molar-refractivity contribution in [2.75, 3.05) is 5.32 Å². The molecule has 7 nitrogen and oxygen atoms in total. The van der Waals surface area contributed by atoms with Crippen LogP contribution in [-0.2, 0) is 13.6 Å². The number of anilines is 1. The highest BCUT2D eigenvalue weighted by atomic mass is 35.5. The molecule has 0 bridgehead atoms. The van der Waals surface area contributed by atoms with E-state index in [0.29, 0.717) is 24.1 Å². The zero-order valence-corrected chi connectivity index (χ0v) is 13.4. The second kappa shape index (κ2) is 6.62. The molecule has 0 spiro atoms. The van der Waals surface area contributed by atoms with Crippen molar-refractivity contribution < 1.29 is 4.79 Å². The number of aryl methyl sites for hydroxylation is 1. The molecule has 0 aliphatic rings. The number of carbonyl (C=O) groups excluding carboxylic acids is 1. The maximum Gasteiger partial charge on any atom is 0.267 e. The van der Waals surface area contributed by atoms with Gasteiger partial charge in [0.25, 0.3) is 5.91 Å². The highest BCUT2D eigenvalue weighted by Gasteiger charge is 2.12. The van der Waals surface area contributed by atoms with Crippen LogP contribution >= 0.6 is 12.4 Å². The van der Waals surface area contributed by atoms with Crippen LogP contribution in [0.3, 0.4) is 0 Å². The van der Waals surface area contributed by atoms with Crippen molar-refractivity contribution in [3.63, 3.8) is 0 Å². The molecule has 21 heavy (non-hydrogen) atoms. The zero-order chi connectivity index (χ0) is 14.9. The van der Waals surface area contributed by atoms with Crippen LogP contribution in [-0.4, -0.2) is 25.5 Å². The molecule has 0 atom stereocenters. The molecule has 0 aliphatic carbocycles. The lowest BCUT2D eigenvalue weighted by Gasteiger charge is -2.09. The van der Waals surface area contributed by atoms with E-state index in [1.807, 2.05) is 17.8 Å². The van der Waals surface area contributed by atoms with Crippen molar-refractivity contribution in [2.24, 2.45) is 12.8 Å². The molecule has 2 aromatic rings. The number of halogens is 1. The Bertz CT molecular complexity index is 631. The smallest absolute Gasteiger partial charge is 0.267 e. The Morgan fingerprint density at radius 2 is 2.14 bits per heavy atom. The highest BCUT2D eigenvalue weighted by Crippen LogP contribution is 2.15. The van der Waals surface area contributed by atoms with Gasteiger partial charge in [0.15, 0.2) is 0 Å². The maximum atomic E-state index is 11.2. The quantitative estimate of drug-likeness (QED) is 0.878. The molecule has 0 fully saturated rings. The van der Waals surface area contributed by atoms with Gasteiger partial charge in [0, 0.05) is 37.0 Å². The van der Waals surface area contributed by atoms with Crippen LogP contribution in [0.1, 0.15) is 41.6 Å². The first-order chi connectivity index (χ1) is 9.40. The summed E-state index contributed by atoms with van der Waals surface area (Å²) in [4.78, 5) is 11.2. The van der Waals surface area contributed by atoms with Gasteiger partial charge in [-0.25, -0.2) is 0 Å². The third-order valence-electron chi connectivity index (χ3n) is 3.23. The van der Waals surface area contributed by atoms with Crippen molar-refractivity contribution in [3.8, 4) is 0 Å². The number of nitrogens with one attached hydrogen (secondary N) is 1. The number of nitrogens with zero attached hydrogens (tertiary/aromatic N) is 4. The van der Waals surface area contributed by atoms with Gasteiger partial charge in [-0.2, -0.15) is 10.2 Å². The molecule has 0 radical (unpaired) electrons. The second-order valence-electron chi connectivity index (χ2n) is 5.05. The van der Waals surface area contributed by atoms with Crippen molar-refractivity contribution in [1.29, 1.82) is 0 Å². The van der Waals surface area contributed by atoms with Gasteiger partial charge in [-0.05, 0) is 20.8 Å². The predicted octanol–water partition coefficient (Wildman–Crippen LogP) is 1.64. The van der Waals surface area contributed by atoms with Crippen molar-refractivity contribution in [1.82, 2.24) is 19.6 Å². The molecule has 0 aliphatic heterocycles. The van der Waals surface area contributed by atoms with E-state index in [1.165, 1.54) is 4.68 Å². The molecule has 0 unspecified atom stereocenters. The van der Waals surface area contributed by atoms with Gasteiger partial charge in [0.2, 0.25) is 0 Å². The summed E-state index contributed by atoms with van der Waals surface area (Å²) in [6.45, 7) is 6.83. The lowest BCUT2D eigenvalue weighted by atomic mass is 10.2. The summed E-state index contributed by atoms with van der Waals surface area (Å²) in [5.41, 5.74) is 7.86. The summed E-state index contributed by atoms with van der Waals surface area (Å²) in [6.07, 6.45) is 1.85. The van der Waals surface area contributed by atoms with E-state index in [4.69, 9.17) is 5.73 Å². The number of primary amides is 1. The van der Waals surface area contributed by atoms with Gasteiger partial charge in [0.05, 0.1) is 6.20 Å². The Morgan fingerprint density at radius 3 is 2.62 bits per heavy atom. The lowest BCUT2D eigenvalue weighted by Crippen LogP contribution is -2.15. The van der Waals surface area contributed by atoms with Crippen molar-refractivity contribution >= 4 is 24.1 Å². The van der Waals surface area contributed by atoms with E-state index in [0.717, 1.165) is 11.3 Å². The molecular formula is C13H21ClN6O. The Labute approximate surface area is 129 Å². The van der Waals surface area contributed by atoms with Gasteiger partial charge in [0.1, 0.15) is 11.5 Å². The molecular weight excluding hydrogens is 292 g/mol. The summed E-state index contributed by atoms with van der Waals surface area (Å²) < 4.78 is 3.44. The third kappa shape index (κ3) is 3.55. The van der Waals surface area contributed by atoms with Gasteiger partial charge in [-0.15, -0.1) is 12.4 Å². The van der Waals surface area contributed by atoms with Gasteiger partial charge >= 0.3 is 0 Å². The fraction of sp³-hybridized carbons (Fsp3) is 0.462. The van der Waals surface area contributed by atoms with Crippen LogP contribution in [0.2, 0.25) is 0 Å². The minimum Gasteiger partial charge on any atom is -0.364 e. The molecule has 1 amide bonds. The first-order valence-electron chi connectivity index (χ1n) is 6.51. The normalized spacial score (nSPS) is 10.5. The number of carbonyl (C=O) groups is 1. The maximum absolute atomic E-state index is 11.2. The van der Waals surface area contributed by atoms with E-state index >= 15 is 0 Å². The molecule has 0 saturated heterocycles. The minimum atomic E-state index is -0.489. The van der Waals surface area contributed by atoms with E-state index < -0.39 is 5.91 Å². The average Bonchev–Trinajstić information content (AvgIpc) is 2.90. The fourth-order valence-electron chi connectivity index (χ4n) is 2.12. The third-order valence-corrected chi connectivity index (χ3v) is 3.23. The molecule has 2 rings (SSSR count). The summed E-state index contributed by atoms with van der Waals surface area (Å²) >= 11 is 0. The number of rotatable bonds is 5. The van der Waals surface area contributed by atoms with E-state index in [1.54, 1.807) is 13.1 Å². The molecule has 2 heterocycles. The van der Waals surface area contributed by atoms with Crippen LogP contribution < -0.4 is 11.1 Å². The number of hydrogen-bond acceptors (Lipinski definition) is 4. The number of amides is 1. The Kier molecular flexibility index (Phi) is 5.37. The lowest BCUT2D eigenvalue weighted by molar-refractivity contribution is 0.0991. The van der Waals surface area contributed by atoms with E-state index in [2.05, 4.69) is 29.4 Å². The summed E-state index contributed by atoms with van der Waals surface area (Å²) in [5, 5.41) is 11.7. The van der Waals surface area contributed by atoms with Gasteiger partial charge in [-0.3, -0.25) is 14.2 Å². The minimum absolute atomic E-state index is 0. The van der Waals surface area contributed by atoms with E-state index in [9.17, 15) is 4.79 Å². The van der Waals surface area contributed by atoms with Gasteiger partial charge in [-0.1, -0.05) is 0 Å². The Balaban J connectivity index is 0.00000220. The van der Waals surface area contributed by atoms with Crippen LogP contribution in [0.25, 0.3) is 0 Å². The largest absolute Gasteiger partial charge is 0.364 e. The van der Waals surface area contributed by atoms with E-state index in [-0.39, 0.29) is 12.4 Å². The summed E-state index contributed by atoms with van der Waals surface area (Å²) in [5.74, 6) is 0.134. The second-order valence-corrected chi connectivity index (χ2v) is 5.05. The van der Waals surface area contributed by atoms with Crippen molar-refractivity contribution in [3.05, 3.63) is 29.2 Å². The summed E-state index contributed by atoms with van der Waals surface area (Å²) in [6, 6.07) is 1.98. The van der Waals surface area contributed by atoms with Crippen molar-refractivity contribution in [2.45, 2.75) is 33.4 Å². The molecule has 0 saturated carbocycles. The monoisotopic (exact) mass is 312 g/mol. The predicted molar refractivity (Wildman–Crippen MR) is 83.6 cm³/mol. The van der Waals surface area contributed by atoms with Gasteiger partial charge < -0.3 is 11.1 Å². The number of aromatic nitrogens is 4. The van der Waals surface area contributed by atoms with Crippen LogP contribution in [0, 0.1) is 6.92 Å².